The lowest BCUT2D eigenvalue weighted by atomic mass is 10.1. The van der Waals surface area contributed by atoms with Crippen molar-refractivity contribution in [2.24, 2.45) is 0 Å². The first-order valence-corrected chi connectivity index (χ1v) is 10.9. The Kier molecular flexibility index (Phi) is 5.72. The molecular weight excluding hydrogens is 378 g/mol. The maximum absolute atomic E-state index is 12.7. The van der Waals surface area contributed by atoms with Crippen molar-refractivity contribution < 1.29 is 26.7 Å². The van der Waals surface area contributed by atoms with Crippen molar-refractivity contribution in [3.63, 3.8) is 0 Å². The Morgan fingerprint density at radius 1 is 0.923 bits per heavy atom. The Morgan fingerprint density at radius 3 is 1.88 bits per heavy atom. The molecule has 0 saturated carbocycles. The van der Waals surface area contributed by atoms with E-state index >= 15 is 0 Å². The maximum Gasteiger partial charge on any atom is 0.303 e. The molecule has 0 unspecified atom stereocenters. The molecule has 1 N–H and O–H groups in total. The van der Waals surface area contributed by atoms with E-state index in [9.17, 15) is 21.6 Å². The number of sulfone groups is 1. The van der Waals surface area contributed by atoms with Crippen LogP contribution in [0.25, 0.3) is 0 Å². The van der Waals surface area contributed by atoms with Crippen molar-refractivity contribution in [2.45, 2.75) is 22.6 Å². The monoisotopic (exact) mass is 397 g/mol. The zero-order valence-corrected chi connectivity index (χ0v) is 15.9. The molecule has 0 aromatic heterocycles. The smallest absolute Gasteiger partial charge is 0.303 e. The second kappa shape index (κ2) is 7.46. The van der Waals surface area contributed by atoms with Gasteiger partial charge in [-0.1, -0.05) is 12.1 Å². The van der Waals surface area contributed by atoms with Crippen LogP contribution in [0.5, 0.6) is 0 Å². The number of aryl methyl sites for hydroxylation is 1. The van der Waals surface area contributed by atoms with Gasteiger partial charge in [-0.3, -0.25) is 9.10 Å². The summed E-state index contributed by atoms with van der Waals surface area (Å²) in [6.07, 6.45) is 1.37. The third-order valence-electron chi connectivity index (χ3n) is 3.84. The van der Waals surface area contributed by atoms with Gasteiger partial charge < -0.3 is 5.11 Å². The predicted molar refractivity (Wildman–Crippen MR) is 97.5 cm³/mol. The van der Waals surface area contributed by atoms with Crippen molar-refractivity contribution in [3.8, 4) is 0 Å². The number of nitrogens with zero attached hydrogens (tertiary/aromatic N) is 1. The lowest BCUT2D eigenvalue weighted by Gasteiger charge is -2.20. The highest BCUT2D eigenvalue weighted by atomic mass is 32.2. The summed E-state index contributed by atoms with van der Waals surface area (Å²) < 4.78 is 49.5. The number of carbonyl (C=O) groups is 1. The molecule has 0 heterocycles. The molecule has 0 amide bonds. The molecule has 9 heteroatoms. The molecule has 0 atom stereocenters. The van der Waals surface area contributed by atoms with Crippen LogP contribution in [0.4, 0.5) is 5.69 Å². The van der Waals surface area contributed by atoms with Gasteiger partial charge in [-0.15, -0.1) is 0 Å². The fourth-order valence-electron chi connectivity index (χ4n) is 2.28. The van der Waals surface area contributed by atoms with Gasteiger partial charge in [0.1, 0.15) is 0 Å². The summed E-state index contributed by atoms with van der Waals surface area (Å²) in [6.45, 7) is 0. The number of carboxylic acids is 1. The van der Waals surface area contributed by atoms with E-state index in [-0.39, 0.29) is 16.2 Å². The predicted octanol–water partition coefficient (Wildman–Crippen LogP) is 1.93. The van der Waals surface area contributed by atoms with E-state index in [0.29, 0.717) is 12.1 Å². The summed E-state index contributed by atoms with van der Waals surface area (Å²) in [5, 5.41) is 8.69. The van der Waals surface area contributed by atoms with Crippen LogP contribution in [0.3, 0.4) is 0 Å². The minimum Gasteiger partial charge on any atom is -0.481 e. The van der Waals surface area contributed by atoms with Crippen LogP contribution in [0.2, 0.25) is 0 Å². The van der Waals surface area contributed by atoms with Gasteiger partial charge in [0.2, 0.25) is 0 Å². The lowest BCUT2D eigenvalue weighted by Crippen LogP contribution is -2.26. The van der Waals surface area contributed by atoms with Gasteiger partial charge in [0.15, 0.2) is 9.84 Å². The molecule has 7 nitrogen and oxygen atoms in total. The molecule has 0 aliphatic rings. The van der Waals surface area contributed by atoms with E-state index in [1.165, 1.54) is 43.4 Å². The Bertz CT molecular complexity index is 994. The molecule has 0 aliphatic heterocycles. The quantitative estimate of drug-likeness (QED) is 0.765. The number of carboxylic acid groups (broad SMARTS) is 1. The zero-order valence-electron chi connectivity index (χ0n) is 14.3. The van der Waals surface area contributed by atoms with Gasteiger partial charge in [0.25, 0.3) is 10.0 Å². The van der Waals surface area contributed by atoms with Gasteiger partial charge in [0.05, 0.1) is 15.5 Å². The molecule has 0 radical (unpaired) electrons. The molecule has 0 fully saturated rings. The lowest BCUT2D eigenvalue weighted by molar-refractivity contribution is -0.136. The number of hydrogen-bond donors (Lipinski definition) is 1. The number of rotatable bonds is 7. The van der Waals surface area contributed by atoms with E-state index in [0.717, 1.165) is 16.1 Å². The van der Waals surface area contributed by atoms with Gasteiger partial charge >= 0.3 is 5.97 Å². The Morgan fingerprint density at radius 2 is 1.42 bits per heavy atom. The first-order chi connectivity index (χ1) is 12.0. The second-order valence-corrected chi connectivity index (χ2v) is 9.76. The van der Waals surface area contributed by atoms with Gasteiger partial charge in [-0.2, -0.15) is 0 Å². The van der Waals surface area contributed by atoms with Crippen LogP contribution in [0, 0.1) is 0 Å². The SMILES string of the molecule is CN(c1ccc(S(C)(=O)=O)cc1)S(=O)(=O)c1ccc(CCC(=O)O)cc1. The summed E-state index contributed by atoms with van der Waals surface area (Å²) in [6, 6.07) is 11.6. The second-order valence-electron chi connectivity index (χ2n) is 5.78. The van der Waals surface area contributed by atoms with Crippen LogP contribution in [-0.4, -0.2) is 41.2 Å². The Hall–Kier alpha value is -2.39. The highest BCUT2D eigenvalue weighted by Gasteiger charge is 2.21. The van der Waals surface area contributed by atoms with E-state index < -0.39 is 25.8 Å². The molecule has 2 rings (SSSR count). The average Bonchev–Trinajstić information content (AvgIpc) is 2.59. The van der Waals surface area contributed by atoms with Crippen LogP contribution >= 0.6 is 0 Å². The summed E-state index contributed by atoms with van der Waals surface area (Å²) in [5.41, 5.74) is 1.05. The van der Waals surface area contributed by atoms with Crippen LogP contribution < -0.4 is 4.31 Å². The number of benzene rings is 2. The highest BCUT2D eigenvalue weighted by molar-refractivity contribution is 7.92. The van der Waals surface area contributed by atoms with Gasteiger partial charge in [-0.25, -0.2) is 16.8 Å². The summed E-state index contributed by atoms with van der Waals surface area (Å²) in [7, 11) is -5.80. The van der Waals surface area contributed by atoms with E-state index in [2.05, 4.69) is 0 Å². The number of hydrogen-bond acceptors (Lipinski definition) is 5. The van der Waals surface area contributed by atoms with Crippen molar-refractivity contribution in [1.82, 2.24) is 0 Å². The van der Waals surface area contributed by atoms with Crippen molar-refractivity contribution in [1.29, 1.82) is 0 Å². The maximum atomic E-state index is 12.7. The summed E-state index contributed by atoms with van der Waals surface area (Å²) in [5.74, 6) is -0.918. The molecular formula is C17H19NO6S2. The number of anilines is 1. The molecule has 26 heavy (non-hydrogen) atoms. The van der Waals surface area contributed by atoms with Crippen molar-refractivity contribution in [3.05, 3.63) is 54.1 Å². The topological polar surface area (TPSA) is 109 Å². The van der Waals surface area contributed by atoms with E-state index in [1.54, 1.807) is 12.1 Å². The van der Waals surface area contributed by atoms with Crippen molar-refractivity contribution in [2.75, 3.05) is 17.6 Å². The first kappa shape index (κ1) is 19.9. The third-order valence-corrected chi connectivity index (χ3v) is 6.77. The van der Waals surface area contributed by atoms with Crippen LogP contribution in [0.1, 0.15) is 12.0 Å². The Balaban J connectivity index is 2.24. The molecule has 0 aliphatic carbocycles. The molecule has 0 bridgehead atoms. The van der Waals surface area contributed by atoms with Crippen LogP contribution in [-0.2, 0) is 31.1 Å². The van der Waals surface area contributed by atoms with E-state index in [4.69, 9.17) is 5.11 Å². The number of sulfonamides is 1. The fourth-order valence-corrected chi connectivity index (χ4v) is 4.11. The fraction of sp³-hybridized carbons (Fsp3) is 0.235. The standard InChI is InChI=1S/C17H19NO6S2/c1-18(14-6-10-15(11-7-14)25(2,21)22)26(23,24)16-8-3-13(4-9-16)5-12-17(19)20/h3-4,6-11H,5,12H2,1-2H3,(H,19,20). The normalized spacial score (nSPS) is 11.9. The molecule has 2 aromatic rings. The summed E-state index contributed by atoms with van der Waals surface area (Å²) >= 11 is 0. The first-order valence-electron chi connectivity index (χ1n) is 7.61. The number of aliphatic carboxylic acids is 1. The molecule has 0 saturated heterocycles. The Labute approximate surface area is 152 Å². The van der Waals surface area contributed by atoms with Crippen molar-refractivity contribution >= 4 is 31.5 Å². The van der Waals surface area contributed by atoms with E-state index in [1.807, 2.05) is 0 Å². The molecule has 2 aromatic carbocycles. The largest absolute Gasteiger partial charge is 0.481 e. The van der Waals surface area contributed by atoms with Gasteiger partial charge in [0, 0.05) is 19.7 Å². The molecule has 0 spiro atoms. The highest BCUT2D eigenvalue weighted by Crippen LogP contribution is 2.24. The zero-order chi connectivity index (χ0) is 19.5. The minimum atomic E-state index is -3.82. The minimum absolute atomic E-state index is 0.0291. The average molecular weight is 397 g/mol. The third kappa shape index (κ3) is 4.61. The molecule has 140 valence electrons. The summed E-state index contributed by atoms with van der Waals surface area (Å²) in [4.78, 5) is 10.8. The van der Waals surface area contributed by atoms with Crippen LogP contribution in [0.15, 0.2) is 58.3 Å². The van der Waals surface area contributed by atoms with Gasteiger partial charge in [-0.05, 0) is 48.4 Å².